The van der Waals surface area contributed by atoms with Crippen molar-refractivity contribution in [3.8, 4) is 0 Å². The number of methoxy groups -OCH3 is 1. The molecule has 1 aliphatic carbocycles. The highest BCUT2D eigenvalue weighted by Crippen LogP contribution is 2.37. The monoisotopic (exact) mass is 245 g/mol. The van der Waals surface area contributed by atoms with Gasteiger partial charge in [-0.05, 0) is 13.5 Å². The van der Waals surface area contributed by atoms with Crippen molar-refractivity contribution >= 4 is 0 Å². The molecule has 0 radical (unpaired) electrons. The standard InChI is InChI=1S/C12H23NO4/c1-13-10-3-4-12(16-7-8-17-12)9-11(10)15-6-5-14-2/h10-11,13H,3-9H2,1-2H3. The summed E-state index contributed by atoms with van der Waals surface area (Å²) in [6, 6.07) is 0.380. The molecule has 1 heterocycles. The first kappa shape index (κ1) is 13.2. The summed E-state index contributed by atoms with van der Waals surface area (Å²) in [6.07, 6.45) is 2.92. The predicted molar refractivity (Wildman–Crippen MR) is 62.9 cm³/mol. The van der Waals surface area contributed by atoms with E-state index in [9.17, 15) is 0 Å². The molecule has 1 saturated heterocycles. The third-order valence-electron chi connectivity index (χ3n) is 3.60. The van der Waals surface area contributed by atoms with Crippen molar-refractivity contribution in [3.05, 3.63) is 0 Å². The number of likely N-dealkylation sites (N-methyl/N-ethyl adjacent to an activating group) is 1. The fourth-order valence-corrected chi connectivity index (χ4v) is 2.66. The summed E-state index contributed by atoms with van der Waals surface area (Å²) >= 11 is 0. The van der Waals surface area contributed by atoms with Gasteiger partial charge in [-0.3, -0.25) is 0 Å². The Labute approximate surface area is 103 Å². The summed E-state index contributed by atoms with van der Waals surface area (Å²) in [7, 11) is 3.66. The van der Waals surface area contributed by atoms with Gasteiger partial charge in [0.05, 0.1) is 32.5 Å². The highest BCUT2D eigenvalue weighted by molar-refractivity contribution is 4.91. The lowest BCUT2D eigenvalue weighted by atomic mass is 9.87. The van der Waals surface area contributed by atoms with Crippen LogP contribution in [0.4, 0.5) is 0 Å². The Hall–Kier alpha value is -0.200. The second kappa shape index (κ2) is 6.11. The topological polar surface area (TPSA) is 49.0 Å². The van der Waals surface area contributed by atoms with E-state index in [1.807, 2.05) is 7.05 Å². The van der Waals surface area contributed by atoms with Crippen LogP contribution in [0.15, 0.2) is 0 Å². The van der Waals surface area contributed by atoms with E-state index >= 15 is 0 Å². The molecule has 2 unspecified atom stereocenters. The number of nitrogens with one attached hydrogen (secondary N) is 1. The van der Waals surface area contributed by atoms with Crippen LogP contribution in [0.25, 0.3) is 0 Å². The minimum absolute atomic E-state index is 0.141. The zero-order valence-corrected chi connectivity index (χ0v) is 10.7. The first-order valence-electron chi connectivity index (χ1n) is 6.35. The molecule has 0 aromatic heterocycles. The van der Waals surface area contributed by atoms with Crippen LogP contribution in [-0.2, 0) is 18.9 Å². The lowest BCUT2D eigenvalue weighted by Crippen LogP contribution is -2.51. The molecular formula is C12H23NO4. The summed E-state index contributed by atoms with van der Waals surface area (Å²) in [4.78, 5) is 0. The molecule has 0 bridgehead atoms. The van der Waals surface area contributed by atoms with E-state index in [1.54, 1.807) is 7.11 Å². The van der Waals surface area contributed by atoms with Crippen molar-refractivity contribution in [2.75, 3.05) is 40.6 Å². The third kappa shape index (κ3) is 3.17. The molecule has 5 nitrogen and oxygen atoms in total. The zero-order valence-electron chi connectivity index (χ0n) is 10.7. The molecule has 2 rings (SSSR count). The molecule has 1 saturated carbocycles. The van der Waals surface area contributed by atoms with Crippen molar-refractivity contribution in [1.82, 2.24) is 5.32 Å². The summed E-state index contributed by atoms with van der Waals surface area (Å²) < 4.78 is 22.4. The molecular weight excluding hydrogens is 222 g/mol. The van der Waals surface area contributed by atoms with Crippen molar-refractivity contribution < 1.29 is 18.9 Å². The van der Waals surface area contributed by atoms with E-state index < -0.39 is 0 Å². The summed E-state index contributed by atoms with van der Waals surface area (Å²) in [5.41, 5.74) is 0. The largest absolute Gasteiger partial charge is 0.382 e. The molecule has 2 aliphatic rings. The molecule has 0 amide bonds. The Bertz CT molecular complexity index is 231. The average Bonchev–Trinajstić information content (AvgIpc) is 2.78. The van der Waals surface area contributed by atoms with Crippen LogP contribution in [-0.4, -0.2) is 58.5 Å². The van der Waals surface area contributed by atoms with Crippen LogP contribution in [0, 0.1) is 0 Å². The van der Waals surface area contributed by atoms with Crippen LogP contribution in [0.3, 0.4) is 0 Å². The second-order valence-electron chi connectivity index (χ2n) is 4.65. The number of rotatable bonds is 5. The van der Waals surface area contributed by atoms with E-state index in [0.29, 0.717) is 32.5 Å². The molecule has 5 heteroatoms. The first-order chi connectivity index (χ1) is 8.29. The van der Waals surface area contributed by atoms with Gasteiger partial charge < -0.3 is 24.3 Å². The highest BCUT2D eigenvalue weighted by atomic mass is 16.7. The molecule has 17 heavy (non-hydrogen) atoms. The minimum Gasteiger partial charge on any atom is -0.382 e. The molecule has 1 N–H and O–H groups in total. The van der Waals surface area contributed by atoms with E-state index in [4.69, 9.17) is 18.9 Å². The van der Waals surface area contributed by atoms with Crippen LogP contribution in [0.2, 0.25) is 0 Å². The molecule has 0 aromatic carbocycles. The van der Waals surface area contributed by atoms with Gasteiger partial charge in [0.15, 0.2) is 5.79 Å². The first-order valence-corrected chi connectivity index (χ1v) is 6.35. The normalized spacial score (nSPS) is 32.1. The van der Waals surface area contributed by atoms with Gasteiger partial charge in [0.25, 0.3) is 0 Å². The number of hydrogen-bond donors (Lipinski definition) is 1. The van der Waals surface area contributed by atoms with Gasteiger partial charge in [0.2, 0.25) is 0 Å². The van der Waals surface area contributed by atoms with Crippen molar-refractivity contribution in [1.29, 1.82) is 0 Å². The molecule has 1 spiro atoms. The third-order valence-corrected chi connectivity index (χ3v) is 3.60. The molecule has 100 valence electrons. The van der Waals surface area contributed by atoms with E-state index in [0.717, 1.165) is 19.3 Å². The average molecular weight is 245 g/mol. The Balaban J connectivity index is 1.88. The molecule has 1 aliphatic heterocycles. The maximum absolute atomic E-state index is 5.87. The molecule has 2 fully saturated rings. The van der Waals surface area contributed by atoms with Gasteiger partial charge in [-0.1, -0.05) is 0 Å². The van der Waals surface area contributed by atoms with E-state index in [1.165, 1.54) is 0 Å². The van der Waals surface area contributed by atoms with Gasteiger partial charge in [0, 0.05) is 26.0 Å². The molecule has 2 atom stereocenters. The van der Waals surface area contributed by atoms with Gasteiger partial charge in [-0.25, -0.2) is 0 Å². The van der Waals surface area contributed by atoms with Crippen molar-refractivity contribution in [2.24, 2.45) is 0 Å². The van der Waals surface area contributed by atoms with Crippen molar-refractivity contribution in [2.45, 2.75) is 37.2 Å². The van der Waals surface area contributed by atoms with Gasteiger partial charge >= 0.3 is 0 Å². The number of ether oxygens (including phenoxy) is 4. The Morgan fingerprint density at radius 3 is 2.71 bits per heavy atom. The summed E-state index contributed by atoms with van der Waals surface area (Å²) in [5.74, 6) is -0.384. The SMILES string of the molecule is CNC1CCC2(CC1OCCOC)OCCO2. The van der Waals surface area contributed by atoms with Crippen LogP contribution in [0.1, 0.15) is 19.3 Å². The lowest BCUT2D eigenvalue weighted by molar-refractivity contribution is -0.207. The highest BCUT2D eigenvalue weighted by Gasteiger charge is 2.45. The summed E-state index contributed by atoms with van der Waals surface area (Å²) in [6.45, 7) is 2.65. The Morgan fingerprint density at radius 1 is 1.29 bits per heavy atom. The fraction of sp³-hybridized carbons (Fsp3) is 1.00. The van der Waals surface area contributed by atoms with E-state index in [-0.39, 0.29) is 11.9 Å². The van der Waals surface area contributed by atoms with Crippen molar-refractivity contribution in [3.63, 3.8) is 0 Å². The van der Waals surface area contributed by atoms with Gasteiger partial charge in [0.1, 0.15) is 0 Å². The van der Waals surface area contributed by atoms with E-state index in [2.05, 4.69) is 5.32 Å². The van der Waals surface area contributed by atoms with Gasteiger partial charge in [-0.15, -0.1) is 0 Å². The Kier molecular flexibility index (Phi) is 4.76. The quantitative estimate of drug-likeness (QED) is 0.716. The van der Waals surface area contributed by atoms with Crippen LogP contribution in [0.5, 0.6) is 0 Å². The smallest absolute Gasteiger partial charge is 0.171 e. The lowest BCUT2D eigenvalue weighted by Gasteiger charge is -2.40. The fourth-order valence-electron chi connectivity index (χ4n) is 2.66. The summed E-state index contributed by atoms with van der Waals surface area (Å²) in [5, 5.41) is 3.31. The van der Waals surface area contributed by atoms with Gasteiger partial charge in [-0.2, -0.15) is 0 Å². The maximum atomic E-state index is 5.87. The second-order valence-corrected chi connectivity index (χ2v) is 4.65. The maximum Gasteiger partial charge on any atom is 0.171 e. The molecule has 0 aromatic rings. The minimum atomic E-state index is -0.384. The predicted octanol–water partition coefficient (Wildman–Crippen LogP) is 0.533. The van der Waals surface area contributed by atoms with Crippen LogP contribution < -0.4 is 5.32 Å². The number of hydrogen-bond acceptors (Lipinski definition) is 5. The Morgan fingerprint density at radius 2 is 2.06 bits per heavy atom. The van der Waals surface area contributed by atoms with Crippen LogP contribution >= 0.6 is 0 Å². The zero-order chi connectivity index (χ0) is 12.1.